The molecule has 0 radical (unpaired) electrons. The number of nitrogens with zero attached hydrogens (tertiary/aromatic N) is 3. The maximum absolute atomic E-state index is 12.7. The maximum Gasteiger partial charge on any atom is 0.318 e. The molecule has 126 valence electrons. The van der Waals surface area contributed by atoms with Gasteiger partial charge in [0.25, 0.3) is 0 Å². The molecule has 1 aromatic heterocycles. The lowest BCUT2D eigenvalue weighted by atomic mass is 9.99. The Bertz CT molecular complexity index is 664. The lowest BCUT2D eigenvalue weighted by Gasteiger charge is -2.33. The average molecular weight is 324 g/mol. The molecule has 0 bridgehead atoms. The first-order valence-electron chi connectivity index (χ1n) is 8.34. The fourth-order valence-corrected chi connectivity index (χ4v) is 2.90. The van der Waals surface area contributed by atoms with Crippen molar-refractivity contribution in [2.75, 3.05) is 33.2 Å². The Kier molecular flexibility index (Phi) is 5.11. The van der Waals surface area contributed by atoms with Crippen LogP contribution in [0, 0.1) is 6.92 Å². The minimum atomic E-state index is -0.166. The quantitative estimate of drug-likeness (QED) is 0.943. The molecule has 3 rings (SSSR count). The molecule has 5 heteroatoms. The average Bonchev–Trinajstić information content (AvgIpc) is 2.62. The highest BCUT2D eigenvalue weighted by Crippen LogP contribution is 2.22. The Labute approximate surface area is 143 Å². The molecule has 0 aliphatic carbocycles. The van der Waals surface area contributed by atoms with E-state index < -0.39 is 0 Å². The molecule has 1 atom stereocenters. The lowest BCUT2D eigenvalue weighted by Crippen LogP contribution is -2.51. The number of amides is 2. The first kappa shape index (κ1) is 16.5. The topological polar surface area (TPSA) is 48.5 Å². The molecule has 1 unspecified atom stereocenters. The molecule has 1 fully saturated rings. The number of aryl methyl sites for hydroxylation is 1. The Balaban J connectivity index is 1.80. The molecule has 2 heterocycles. The van der Waals surface area contributed by atoms with E-state index in [9.17, 15) is 4.79 Å². The highest BCUT2D eigenvalue weighted by atomic mass is 16.2. The number of likely N-dealkylation sites (N-methyl/N-ethyl adjacent to an activating group) is 1. The molecule has 1 aliphatic heterocycles. The normalized spacial score (nSPS) is 16.7. The second kappa shape index (κ2) is 7.45. The molecule has 0 saturated carbocycles. The van der Waals surface area contributed by atoms with Crippen LogP contribution in [-0.2, 0) is 0 Å². The van der Waals surface area contributed by atoms with Crippen LogP contribution in [0.15, 0.2) is 48.8 Å². The molecule has 24 heavy (non-hydrogen) atoms. The van der Waals surface area contributed by atoms with Crippen LogP contribution in [0.25, 0.3) is 0 Å². The minimum Gasteiger partial charge on any atom is -0.327 e. The van der Waals surface area contributed by atoms with E-state index in [1.165, 1.54) is 5.56 Å². The second-order valence-electron chi connectivity index (χ2n) is 6.36. The standard InChI is InChI=1S/C19H24N4O/c1-15-3-5-16(6-4-15)18(17-7-9-20-10-8-17)21-19(24)23-13-11-22(2)12-14-23/h3-10,18H,11-14H2,1-2H3,(H,21,24). The number of benzene rings is 1. The van der Waals surface area contributed by atoms with Crippen LogP contribution in [0.4, 0.5) is 4.79 Å². The number of piperazine rings is 1. The third kappa shape index (κ3) is 3.92. The van der Waals surface area contributed by atoms with Crippen molar-refractivity contribution in [3.05, 3.63) is 65.5 Å². The van der Waals surface area contributed by atoms with Gasteiger partial charge in [-0.25, -0.2) is 4.79 Å². The van der Waals surface area contributed by atoms with Crippen molar-refractivity contribution < 1.29 is 4.79 Å². The highest BCUT2D eigenvalue weighted by Gasteiger charge is 2.23. The van der Waals surface area contributed by atoms with Crippen molar-refractivity contribution in [1.82, 2.24) is 20.1 Å². The molecular formula is C19H24N4O. The summed E-state index contributed by atoms with van der Waals surface area (Å²) in [5.74, 6) is 0. The number of urea groups is 1. The largest absolute Gasteiger partial charge is 0.327 e. The molecule has 2 amide bonds. The van der Waals surface area contributed by atoms with E-state index in [0.717, 1.165) is 37.3 Å². The van der Waals surface area contributed by atoms with E-state index >= 15 is 0 Å². The van der Waals surface area contributed by atoms with E-state index in [1.807, 2.05) is 17.0 Å². The molecule has 2 aromatic rings. The summed E-state index contributed by atoms with van der Waals surface area (Å²) in [6, 6.07) is 12.0. The number of carbonyl (C=O) groups is 1. The highest BCUT2D eigenvalue weighted by molar-refractivity contribution is 5.75. The van der Waals surface area contributed by atoms with Crippen molar-refractivity contribution in [3.63, 3.8) is 0 Å². The van der Waals surface area contributed by atoms with Gasteiger partial charge in [0, 0.05) is 38.6 Å². The van der Waals surface area contributed by atoms with Gasteiger partial charge in [0.15, 0.2) is 0 Å². The van der Waals surface area contributed by atoms with Crippen LogP contribution in [0.2, 0.25) is 0 Å². The summed E-state index contributed by atoms with van der Waals surface area (Å²) in [5.41, 5.74) is 3.32. The van der Waals surface area contributed by atoms with Crippen LogP contribution in [-0.4, -0.2) is 54.0 Å². The lowest BCUT2D eigenvalue weighted by molar-refractivity contribution is 0.153. The molecule has 1 N–H and O–H groups in total. The van der Waals surface area contributed by atoms with E-state index in [4.69, 9.17) is 0 Å². The van der Waals surface area contributed by atoms with Crippen molar-refractivity contribution in [3.8, 4) is 0 Å². The predicted molar refractivity (Wildman–Crippen MR) is 94.9 cm³/mol. The van der Waals surface area contributed by atoms with E-state index in [0.29, 0.717) is 0 Å². The van der Waals surface area contributed by atoms with E-state index in [1.54, 1.807) is 12.4 Å². The summed E-state index contributed by atoms with van der Waals surface area (Å²) in [6.45, 7) is 5.42. The van der Waals surface area contributed by atoms with Gasteiger partial charge in [-0.15, -0.1) is 0 Å². The van der Waals surface area contributed by atoms with Crippen molar-refractivity contribution in [1.29, 1.82) is 0 Å². The molecule has 1 saturated heterocycles. The van der Waals surface area contributed by atoms with Gasteiger partial charge in [-0.2, -0.15) is 0 Å². The van der Waals surface area contributed by atoms with Gasteiger partial charge >= 0.3 is 6.03 Å². The zero-order valence-electron chi connectivity index (χ0n) is 14.3. The Morgan fingerprint density at radius 3 is 2.21 bits per heavy atom. The monoisotopic (exact) mass is 324 g/mol. The minimum absolute atomic E-state index is 0.00881. The molecule has 1 aliphatic rings. The van der Waals surface area contributed by atoms with Gasteiger partial charge in [-0.05, 0) is 37.2 Å². The van der Waals surface area contributed by atoms with Crippen LogP contribution in [0.3, 0.4) is 0 Å². The third-order valence-electron chi connectivity index (χ3n) is 4.51. The number of nitrogens with one attached hydrogen (secondary N) is 1. The third-order valence-corrected chi connectivity index (χ3v) is 4.51. The van der Waals surface area contributed by atoms with Gasteiger partial charge in [0.2, 0.25) is 0 Å². The molecule has 0 spiro atoms. The smallest absolute Gasteiger partial charge is 0.318 e. The first-order valence-corrected chi connectivity index (χ1v) is 8.34. The Hall–Kier alpha value is -2.40. The van der Waals surface area contributed by atoms with Crippen LogP contribution < -0.4 is 5.32 Å². The van der Waals surface area contributed by atoms with E-state index in [2.05, 4.69) is 53.4 Å². The fourth-order valence-electron chi connectivity index (χ4n) is 2.90. The summed E-state index contributed by atoms with van der Waals surface area (Å²) >= 11 is 0. The van der Waals surface area contributed by atoms with Gasteiger partial charge in [-0.1, -0.05) is 29.8 Å². The summed E-state index contributed by atoms with van der Waals surface area (Å²) in [4.78, 5) is 20.9. The molecular weight excluding hydrogens is 300 g/mol. The summed E-state index contributed by atoms with van der Waals surface area (Å²) in [5, 5.41) is 3.19. The number of rotatable bonds is 3. The van der Waals surface area contributed by atoms with Crippen LogP contribution in [0.5, 0.6) is 0 Å². The zero-order chi connectivity index (χ0) is 16.9. The maximum atomic E-state index is 12.7. The second-order valence-corrected chi connectivity index (χ2v) is 6.36. The van der Waals surface area contributed by atoms with E-state index in [-0.39, 0.29) is 12.1 Å². The zero-order valence-corrected chi connectivity index (χ0v) is 14.3. The SMILES string of the molecule is Cc1ccc(C(NC(=O)N2CCN(C)CC2)c2ccncc2)cc1. The summed E-state index contributed by atoms with van der Waals surface area (Å²) in [6.07, 6.45) is 3.52. The number of aromatic nitrogens is 1. The van der Waals surface area contributed by atoms with Gasteiger partial charge in [-0.3, -0.25) is 4.98 Å². The predicted octanol–water partition coefficient (Wildman–Crippen LogP) is 2.44. The molecule has 1 aromatic carbocycles. The van der Waals surface area contributed by atoms with Crippen molar-refractivity contribution in [2.45, 2.75) is 13.0 Å². The summed E-state index contributed by atoms with van der Waals surface area (Å²) in [7, 11) is 2.08. The first-order chi connectivity index (χ1) is 11.6. The van der Waals surface area contributed by atoms with Gasteiger partial charge < -0.3 is 15.1 Å². The summed E-state index contributed by atoms with van der Waals surface area (Å²) < 4.78 is 0. The van der Waals surface area contributed by atoms with Crippen LogP contribution >= 0.6 is 0 Å². The number of hydrogen-bond acceptors (Lipinski definition) is 3. The fraction of sp³-hybridized carbons (Fsp3) is 0.368. The van der Waals surface area contributed by atoms with Gasteiger partial charge in [0.1, 0.15) is 0 Å². The number of pyridine rings is 1. The van der Waals surface area contributed by atoms with Gasteiger partial charge in [0.05, 0.1) is 6.04 Å². The van der Waals surface area contributed by atoms with Crippen LogP contribution in [0.1, 0.15) is 22.7 Å². The Morgan fingerprint density at radius 2 is 1.58 bits per heavy atom. The van der Waals surface area contributed by atoms with Crippen molar-refractivity contribution >= 4 is 6.03 Å². The Morgan fingerprint density at radius 1 is 1.00 bits per heavy atom. The molecule has 5 nitrogen and oxygen atoms in total. The number of carbonyl (C=O) groups excluding carboxylic acids is 1. The van der Waals surface area contributed by atoms with Crippen molar-refractivity contribution in [2.24, 2.45) is 0 Å². The number of hydrogen-bond donors (Lipinski definition) is 1.